The molecule has 29 heavy (non-hydrogen) atoms. The van der Waals surface area contributed by atoms with Gasteiger partial charge in [0.2, 0.25) is 0 Å². The van der Waals surface area contributed by atoms with Gasteiger partial charge in [0, 0.05) is 35.6 Å². The molecule has 150 valence electrons. The molecule has 9 heteroatoms. The first kappa shape index (κ1) is 20.2. The Balaban J connectivity index is 0.00000240. The van der Waals surface area contributed by atoms with E-state index in [9.17, 15) is 5.11 Å². The molecule has 0 spiro atoms. The van der Waals surface area contributed by atoms with Crippen LogP contribution in [-0.4, -0.2) is 38.3 Å². The molecule has 0 aliphatic heterocycles. The number of benzene rings is 2. The Morgan fingerprint density at radius 3 is 2.79 bits per heavy atom. The molecular formula is C20H20ClN5O3. The quantitative estimate of drug-likeness (QED) is 0.476. The van der Waals surface area contributed by atoms with E-state index in [0.717, 1.165) is 16.6 Å². The Morgan fingerprint density at radius 2 is 2.03 bits per heavy atom. The number of imidazole rings is 1. The standard InChI is InChI=1S/C20H19N5O3.ClH/c1-27-18-10-16-17(11-19(18)28-8-7-25-6-5-21-13-25)22-12-23-20(16)24-14-3-2-4-15(26)9-14;/h2-6,9-13,26H,7-8H2,1H3,(H,22,23,24);1H. The number of nitrogens with zero attached hydrogens (tertiary/aromatic N) is 4. The highest BCUT2D eigenvalue weighted by Crippen LogP contribution is 2.35. The lowest BCUT2D eigenvalue weighted by atomic mass is 10.2. The highest BCUT2D eigenvalue weighted by Gasteiger charge is 2.12. The molecule has 0 aliphatic carbocycles. The van der Waals surface area contributed by atoms with Crippen LogP contribution < -0.4 is 14.8 Å². The smallest absolute Gasteiger partial charge is 0.163 e. The fourth-order valence-corrected chi connectivity index (χ4v) is 2.84. The summed E-state index contributed by atoms with van der Waals surface area (Å²) in [5, 5.41) is 13.6. The van der Waals surface area contributed by atoms with Crippen LogP contribution in [0.5, 0.6) is 17.2 Å². The third-order valence-electron chi connectivity index (χ3n) is 4.20. The van der Waals surface area contributed by atoms with Gasteiger partial charge in [0.1, 0.15) is 24.5 Å². The fraction of sp³-hybridized carbons (Fsp3) is 0.150. The molecule has 0 unspecified atom stereocenters. The summed E-state index contributed by atoms with van der Waals surface area (Å²) in [7, 11) is 1.59. The van der Waals surface area contributed by atoms with Gasteiger partial charge in [0.25, 0.3) is 0 Å². The zero-order valence-corrected chi connectivity index (χ0v) is 16.5. The zero-order chi connectivity index (χ0) is 19.3. The molecule has 0 fully saturated rings. The second kappa shape index (κ2) is 9.11. The molecule has 0 saturated carbocycles. The summed E-state index contributed by atoms with van der Waals surface area (Å²) < 4.78 is 13.3. The second-order valence-corrected chi connectivity index (χ2v) is 6.07. The number of phenols is 1. The number of hydrogen-bond acceptors (Lipinski definition) is 7. The van der Waals surface area contributed by atoms with Crippen LogP contribution in [0.1, 0.15) is 0 Å². The van der Waals surface area contributed by atoms with Gasteiger partial charge in [-0.3, -0.25) is 0 Å². The lowest BCUT2D eigenvalue weighted by Crippen LogP contribution is -2.07. The number of nitrogens with one attached hydrogen (secondary N) is 1. The summed E-state index contributed by atoms with van der Waals surface area (Å²) in [6, 6.07) is 10.5. The highest BCUT2D eigenvalue weighted by molar-refractivity contribution is 5.93. The van der Waals surface area contributed by atoms with Crippen LogP contribution in [-0.2, 0) is 6.54 Å². The lowest BCUT2D eigenvalue weighted by Gasteiger charge is -2.14. The average molecular weight is 414 g/mol. The van der Waals surface area contributed by atoms with Crippen molar-refractivity contribution in [3.63, 3.8) is 0 Å². The van der Waals surface area contributed by atoms with Crippen LogP contribution in [0.3, 0.4) is 0 Å². The summed E-state index contributed by atoms with van der Waals surface area (Å²) >= 11 is 0. The number of fused-ring (bicyclic) bond motifs is 1. The van der Waals surface area contributed by atoms with E-state index in [4.69, 9.17) is 9.47 Å². The van der Waals surface area contributed by atoms with Gasteiger partial charge in [0.05, 0.1) is 25.5 Å². The molecule has 4 rings (SSSR count). The molecular weight excluding hydrogens is 394 g/mol. The Hall–Kier alpha value is -3.52. The second-order valence-electron chi connectivity index (χ2n) is 6.07. The van der Waals surface area contributed by atoms with Crippen LogP contribution in [0.2, 0.25) is 0 Å². The van der Waals surface area contributed by atoms with Crippen LogP contribution in [0, 0.1) is 0 Å². The van der Waals surface area contributed by atoms with Gasteiger partial charge in [-0.05, 0) is 18.2 Å². The number of ether oxygens (including phenoxy) is 2. The van der Waals surface area contributed by atoms with Gasteiger partial charge in [-0.2, -0.15) is 0 Å². The summed E-state index contributed by atoms with van der Waals surface area (Å²) in [6.45, 7) is 1.15. The number of methoxy groups -OCH3 is 1. The number of aromatic hydroxyl groups is 1. The first-order valence-corrected chi connectivity index (χ1v) is 8.70. The largest absolute Gasteiger partial charge is 0.508 e. The summed E-state index contributed by atoms with van der Waals surface area (Å²) in [5.41, 5.74) is 1.44. The van der Waals surface area contributed by atoms with Crippen molar-refractivity contribution in [2.45, 2.75) is 6.54 Å². The number of phenolic OH excluding ortho intramolecular Hbond substituents is 1. The van der Waals surface area contributed by atoms with Crippen LogP contribution in [0.15, 0.2) is 61.4 Å². The van der Waals surface area contributed by atoms with E-state index in [1.807, 2.05) is 29.0 Å². The van der Waals surface area contributed by atoms with Crippen molar-refractivity contribution in [1.82, 2.24) is 19.5 Å². The molecule has 0 saturated heterocycles. The molecule has 0 amide bonds. The fourth-order valence-electron chi connectivity index (χ4n) is 2.84. The maximum absolute atomic E-state index is 9.66. The lowest BCUT2D eigenvalue weighted by molar-refractivity contribution is 0.280. The van der Waals surface area contributed by atoms with E-state index in [0.29, 0.717) is 30.5 Å². The maximum Gasteiger partial charge on any atom is 0.163 e. The van der Waals surface area contributed by atoms with Crippen molar-refractivity contribution in [3.05, 3.63) is 61.4 Å². The first-order valence-electron chi connectivity index (χ1n) is 8.70. The van der Waals surface area contributed by atoms with E-state index >= 15 is 0 Å². The van der Waals surface area contributed by atoms with Gasteiger partial charge >= 0.3 is 0 Å². The average Bonchev–Trinajstić information content (AvgIpc) is 3.21. The van der Waals surface area contributed by atoms with E-state index in [1.165, 1.54) is 6.33 Å². The monoisotopic (exact) mass is 413 g/mol. The third-order valence-corrected chi connectivity index (χ3v) is 4.20. The van der Waals surface area contributed by atoms with E-state index < -0.39 is 0 Å². The van der Waals surface area contributed by atoms with Crippen molar-refractivity contribution in [2.75, 3.05) is 19.0 Å². The predicted octanol–water partition coefficient (Wildman–Crippen LogP) is 3.78. The molecule has 2 N–H and O–H groups in total. The van der Waals surface area contributed by atoms with Crippen molar-refractivity contribution < 1.29 is 14.6 Å². The Morgan fingerprint density at radius 1 is 1.14 bits per heavy atom. The minimum atomic E-state index is 0. The van der Waals surface area contributed by atoms with Crippen LogP contribution in [0.4, 0.5) is 11.5 Å². The minimum absolute atomic E-state index is 0. The first-order chi connectivity index (χ1) is 13.7. The van der Waals surface area contributed by atoms with Crippen LogP contribution in [0.25, 0.3) is 10.9 Å². The number of halogens is 1. The molecule has 8 nitrogen and oxygen atoms in total. The van der Waals surface area contributed by atoms with Crippen molar-refractivity contribution >= 4 is 34.8 Å². The number of anilines is 2. The molecule has 0 radical (unpaired) electrons. The Labute approximate surface area is 173 Å². The normalized spacial score (nSPS) is 10.4. The number of rotatable bonds is 7. The molecule has 0 aliphatic rings. The van der Waals surface area contributed by atoms with Crippen molar-refractivity contribution in [1.29, 1.82) is 0 Å². The molecule has 0 bridgehead atoms. The Kier molecular flexibility index (Phi) is 6.36. The number of aromatic nitrogens is 4. The van der Waals surface area contributed by atoms with Gasteiger partial charge < -0.3 is 24.5 Å². The number of hydrogen-bond donors (Lipinski definition) is 2. The minimum Gasteiger partial charge on any atom is -0.508 e. The Bertz CT molecular complexity index is 1090. The van der Waals surface area contributed by atoms with E-state index in [2.05, 4.69) is 20.3 Å². The van der Waals surface area contributed by atoms with Crippen molar-refractivity contribution in [2.24, 2.45) is 0 Å². The highest BCUT2D eigenvalue weighted by atomic mass is 35.5. The molecule has 4 aromatic rings. The molecule has 2 aromatic heterocycles. The topological polar surface area (TPSA) is 94.3 Å². The third kappa shape index (κ3) is 4.67. The predicted molar refractivity (Wildman–Crippen MR) is 112 cm³/mol. The maximum atomic E-state index is 9.66. The molecule has 2 aromatic carbocycles. The van der Waals surface area contributed by atoms with Gasteiger partial charge in [-0.15, -0.1) is 12.4 Å². The SMILES string of the molecule is COc1cc2c(Nc3cccc(O)c3)ncnc2cc1OCCn1ccnc1.Cl. The van der Waals surface area contributed by atoms with Crippen LogP contribution >= 0.6 is 12.4 Å². The van der Waals surface area contributed by atoms with Gasteiger partial charge in [-0.25, -0.2) is 15.0 Å². The zero-order valence-electron chi connectivity index (χ0n) is 15.6. The van der Waals surface area contributed by atoms with Crippen molar-refractivity contribution in [3.8, 4) is 17.2 Å². The molecule has 0 atom stereocenters. The van der Waals surface area contributed by atoms with Gasteiger partial charge in [-0.1, -0.05) is 6.07 Å². The molecule has 2 heterocycles. The van der Waals surface area contributed by atoms with E-state index in [-0.39, 0.29) is 18.2 Å². The summed E-state index contributed by atoms with van der Waals surface area (Å²) in [5.74, 6) is 1.98. The van der Waals surface area contributed by atoms with Gasteiger partial charge in [0.15, 0.2) is 11.5 Å². The van der Waals surface area contributed by atoms with E-state index in [1.54, 1.807) is 37.8 Å². The summed E-state index contributed by atoms with van der Waals surface area (Å²) in [6.07, 6.45) is 6.84. The summed E-state index contributed by atoms with van der Waals surface area (Å²) in [4.78, 5) is 12.7.